The molecule has 8 nitrogen and oxygen atoms in total. The summed E-state index contributed by atoms with van der Waals surface area (Å²) in [5, 5.41) is 5.45. The summed E-state index contributed by atoms with van der Waals surface area (Å²) >= 11 is 1.06. The first-order chi connectivity index (χ1) is 14.5. The van der Waals surface area contributed by atoms with Crippen molar-refractivity contribution >= 4 is 46.2 Å². The zero-order valence-corrected chi connectivity index (χ0v) is 17.4. The Morgan fingerprint density at radius 2 is 1.77 bits per heavy atom. The van der Waals surface area contributed by atoms with Gasteiger partial charge in [-0.25, -0.2) is 0 Å². The molecule has 1 aromatic heterocycles. The minimum atomic E-state index is -0.614. The molecule has 2 amide bonds. The monoisotopic (exact) mass is 428 g/mol. The van der Waals surface area contributed by atoms with E-state index < -0.39 is 18.5 Å². The number of nitrogens with one attached hydrogen (secondary N) is 2. The number of fused-ring (bicyclic) bond motifs is 1. The van der Waals surface area contributed by atoms with Crippen molar-refractivity contribution < 1.29 is 19.1 Å². The number of nitrogens with zero attached hydrogens (tertiary/aromatic N) is 2. The molecule has 0 unspecified atom stereocenters. The fourth-order valence-corrected chi connectivity index (χ4v) is 6.57. The molecule has 0 saturated heterocycles. The van der Waals surface area contributed by atoms with Crippen LogP contribution in [0.3, 0.4) is 0 Å². The molecule has 4 saturated carbocycles. The van der Waals surface area contributed by atoms with E-state index in [2.05, 4.69) is 19.4 Å². The van der Waals surface area contributed by atoms with Crippen molar-refractivity contribution in [1.29, 1.82) is 0 Å². The summed E-state index contributed by atoms with van der Waals surface area (Å²) in [5.74, 6) is 0.888. The molecule has 30 heavy (non-hydrogen) atoms. The van der Waals surface area contributed by atoms with Gasteiger partial charge in [0, 0.05) is 5.41 Å². The third-order valence-electron chi connectivity index (χ3n) is 6.84. The Morgan fingerprint density at radius 3 is 2.47 bits per heavy atom. The van der Waals surface area contributed by atoms with Gasteiger partial charge in [-0.05, 0) is 68.4 Å². The number of carbonyl (C=O) groups is 3. The Labute approximate surface area is 178 Å². The highest BCUT2D eigenvalue weighted by atomic mass is 32.1. The molecule has 158 valence electrons. The second-order valence-corrected chi connectivity index (χ2v) is 9.56. The van der Waals surface area contributed by atoms with E-state index in [0.29, 0.717) is 34.5 Å². The molecule has 4 aliphatic rings. The van der Waals surface area contributed by atoms with E-state index in [-0.39, 0.29) is 17.9 Å². The molecule has 1 heterocycles. The topological polar surface area (TPSA) is 110 Å². The number of hydrogen-bond donors (Lipinski definition) is 2. The van der Waals surface area contributed by atoms with Crippen molar-refractivity contribution in [2.24, 2.45) is 23.2 Å². The number of carbonyl (C=O) groups excluding carboxylic acids is 3. The predicted molar refractivity (Wildman–Crippen MR) is 111 cm³/mol. The van der Waals surface area contributed by atoms with Crippen LogP contribution >= 0.6 is 11.7 Å². The van der Waals surface area contributed by atoms with Crippen molar-refractivity contribution in [2.75, 3.05) is 18.5 Å². The van der Waals surface area contributed by atoms with Crippen LogP contribution in [0.1, 0.15) is 38.5 Å². The molecule has 9 heteroatoms. The van der Waals surface area contributed by atoms with Gasteiger partial charge >= 0.3 is 5.97 Å². The van der Waals surface area contributed by atoms with Crippen LogP contribution in [0.25, 0.3) is 11.0 Å². The van der Waals surface area contributed by atoms with Gasteiger partial charge in [-0.1, -0.05) is 6.07 Å². The van der Waals surface area contributed by atoms with Gasteiger partial charge in [-0.3, -0.25) is 14.4 Å². The van der Waals surface area contributed by atoms with Crippen LogP contribution in [-0.2, 0) is 19.1 Å². The van der Waals surface area contributed by atoms with Gasteiger partial charge in [-0.2, -0.15) is 8.75 Å². The molecule has 4 aliphatic carbocycles. The predicted octanol–water partition coefficient (Wildman–Crippen LogP) is 2.51. The number of anilines is 1. The normalized spacial score (nSPS) is 29.0. The van der Waals surface area contributed by atoms with Crippen LogP contribution in [-0.4, -0.2) is 39.7 Å². The lowest BCUT2D eigenvalue weighted by molar-refractivity contribution is -0.152. The summed E-state index contributed by atoms with van der Waals surface area (Å²) in [5.41, 5.74) is 1.52. The molecule has 0 radical (unpaired) electrons. The number of hydrogen-bond acceptors (Lipinski definition) is 7. The fraction of sp³-hybridized carbons (Fsp3) is 0.571. The summed E-state index contributed by atoms with van der Waals surface area (Å²) < 4.78 is 13.3. The molecular formula is C21H24N4O4S. The van der Waals surface area contributed by atoms with Crippen molar-refractivity contribution in [2.45, 2.75) is 38.5 Å². The molecule has 4 fully saturated rings. The summed E-state index contributed by atoms with van der Waals surface area (Å²) in [4.78, 5) is 37.1. The molecule has 4 bridgehead atoms. The minimum Gasteiger partial charge on any atom is -0.454 e. The number of ether oxygens (including phenoxy) is 1. The van der Waals surface area contributed by atoms with E-state index >= 15 is 0 Å². The van der Waals surface area contributed by atoms with E-state index in [4.69, 9.17) is 4.74 Å². The van der Waals surface area contributed by atoms with E-state index in [1.54, 1.807) is 18.2 Å². The van der Waals surface area contributed by atoms with Crippen LogP contribution in [0.4, 0.5) is 5.69 Å². The van der Waals surface area contributed by atoms with E-state index in [1.165, 1.54) is 19.3 Å². The average Bonchev–Trinajstić information content (AvgIpc) is 3.19. The lowest BCUT2D eigenvalue weighted by Gasteiger charge is -2.55. The van der Waals surface area contributed by atoms with Crippen LogP contribution in [0.15, 0.2) is 18.2 Å². The summed E-state index contributed by atoms with van der Waals surface area (Å²) in [6.45, 7) is -0.626. The maximum Gasteiger partial charge on any atom is 0.325 e. The number of esters is 1. The van der Waals surface area contributed by atoms with Crippen LogP contribution in [0.2, 0.25) is 0 Å². The first kappa shape index (κ1) is 19.4. The zero-order valence-electron chi connectivity index (χ0n) is 16.6. The third-order valence-corrected chi connectivity index (χ3v) is 7.38. The molecule has 0 atom stereocenters. The molecule has 0 spiro atoms. The van der Waals surface area contributed by atoms with Gasteiger partial charge in [0.05, 0.1) is 17.4 Å². The first-order valence-electron chi connectivity index (χ1n) is 10.5. The van der Waals surface area contributed by atoms with Crippen molar-refractivity contribution in [3.05, 3.63) is 18.2 Å². The standard InChI is InChI=1S/C21H24N4O4S/c26-17(23-15-2-1-3-16-19(15)25-30-24-16)11-29-18(27)10-22-20(28)21-7-12-4-13(8-21)6-14(5-12)9-21/h1-3,12-14H,4-11H2,(H,22,28)(H,23,26). The lowest BCUT2D eigenvalue weighted by Crippen LogP contribution is -2.54. The van der Waals surface area contributed by atoms with E-state index in [0.717, 1.165) is 31.0 Å². The van der Waals surface area contributed by atoms with Crippen LogP contribution in [0, 0.1) is 23.2 Å². The molecule has 0 aliphatic heterocycles. The molecule has 6 rings (SSSR count). The SMILES string of the molecule is O=C(COC(=O)CNC(=O)C12CC3CC(CC(C3)C1)C2)Nc1cccc2nsnc12. The zero-order chi connectivity index (χ0) is 20.7. The molecule has 1 aromatic carbocycles. The molecule has 2 N–H and O–H groups in total. The Bertz CT molecular complexity index is 969. The molecular weight excluding hydrogens is 404 g/mol. The average molecular weight is 429 g/mol. The van der Waals surface area contributed by atoms with Crippen molar-refractivity contribution in [1.82, 2.24) is 14.1 Å². The van der Waals surface area contributed by atoms with Gasteiger partial charge in [0.2, 0.25) is 5.91 Å². The second kappa shape index (κ2) is 7.61. The van der Waals surface area contributed by atoms with Crippen LogP contribution in [0.5, 0.6) is 0 Å². The maximum absolute atomic E-state index is 12.9. The third kappa shape index (κ3) is 3.66. The Hall–Kier alpha value is -2.55. The van der Waals surface area contributed by atoms with Crippen molar-refractivity contribution in [3.8, 4) is 0 Å². The molecule has 2 aromatic rings. The summed E-state index contributed by atoms with van der Waals surface area (Å²) in [6, 6.07) is 5.29. The highest BCUT2D eigenvalue weighted by molar-refractivity contribution is 7.00. The summed E-state index contributed by atoms with van der Waals surface area (Å²) in [6.07, 6.45) is 6.61. The largest absolute Gasteiger partial charge is 0.454 e. The van der Waals surface area contributed by atoms with Crippen molar-refractivity contribution in [3.63, 3.8) is 0 Å². The maximum atomic E-state index is 12.9. The lowest BCUT2D eigenvalue weighted by atomic mass is 9.49. The summed E-state index contributed by atoms with van der Waals surface area (Å²) in [7, 11) is 0. The van der Waals surface area contributed by atoms with Gasteiger partial charge in [0.1, 0.15) is 17.6 Å². The Morgan fingerprint density at radius 1 is 1.07 bits per heavy atom. The van der Waals surface area contributed by atoms with Gasteiger partial charge in [-0.15, -0.1) is 0 Å². The number of aromatic nitrogens is 2. The van der Waals surface area contributed by atoms with E-state index in [9.17, 15) is 14.4 Å². The quantitative estimate of drug-likeness (QED) is 0.684. The minimum absolute atomic E-state index is 0.0225. The highest BCUT2D eigenvalue weighted by Crippen LogP contribution is 2.60. The fourth-order valence-electron chi connectivity index (χ4n) is 6.02. The Kier molecular flexibility index (Phi) is 4.92. The van der Waals surface area contributed by atoms with E-state index in [1.807, 2.05) is 0 Å². The first-order valence-corrected chi connectivity index (χ1v) is 11.2. The second-order valence-electron chi connectivity index (χ2n) is 9.03. The Balaban J connectivity index is 1.10. The van der Waals surface area contributed by atoms with Gasteiger partial charge < -0.3 is 15.4 Å². The van der Waals surface area contributed by atoms with Crippen LogP contribution < -0.4 is 10.6 Å². The van der Waals surface area contributed by atoms with Gasteiger partial charge in [0.25, 0.3) is 5.91 Å². The number of amides is 2. The smallest absolute Gasteiger partial charge is 0.325 e. The van der Waals surface area contributed by atoms with Gasteiger partial charge in [0.15, 0.2) is 6.61 Å². The highest BCUT2D eigenvalue weighted by Gasteiger charge is 2.54. The number of benzene rings is 1. The number of rotatable bonds is 6.